The van der Waals surface area contributed by atoms with E-state index in [-0.39, 0.29) is 6.61 Å². The minimum Gasteiger partial charge on any atom is -0.460 e. The number of aliphatic hydroxyl groups excluding tert-OH is 2. The van der Waals surface area contributed by atoms with Crippen molar-refractivity contribution >= 4 is 5.97 Å². The first kappa shape index (κ1) is 24.1. The Morgan fingerprint density at radius 2 is 1.36 bits per heavy atom. The van der Waals surface area contributed by atoms with E-state index in [1.807, 2.05) is 6.08 Å². The van der Waals surface area contributed by atoms with Crippen molar-refractivity contribution in [2.75, 3.05) is 13.2 Å². The Morgan fingerprint density at radius 3 is 1.84 bits per heavy atom. The molecule has 0 heterocycles. The van der Waals surface area contributed by atoms with Crippen molar-refractivity contribution in [2.45, 2.75) is 103 Å². The van der Waals surface area contributed by atoms with Crippen LogP contribution in [-0.2, 0) is 9.53 Å². The molecule has 0 aliphatic heterocycles. The number of hydrogen-bond acceptors (Lipinski definition) is 4. The molecule has 0 aromatic heterocycles. The Labute approximate surface area is 154 Å². The van der Waals surface area contributed by atoms with Gasteiger partial charge in [-0.3, -0.25) is 0 Å². The number of carbonyl (C=O) groups is 1. The quantitative estimate of drug-likeness (QED) is 0.208. The number of ether oxygens (including phenoxy) is 1. The Balaban J connectivity index is 3.23. The van der Waals surface area contributed by atoms with Crippen molar-refractivity contribution in [3.63, 3.8) is 0 Å². The van der Waals surface area contributed by atoms with Gasteiger partial charge < -0.3 is 14.9 Å². The van der Waals surface area contributed by atoms with Gasteiger partial charge in [-0.1, -0.05) is 90.0 Å². The van der Waals surface area contributed by atoms with E-state index in [1.54, 1.807) is 0 Å². The van der Waals surface area contributed by atoms with Gasteiger partial charge >= 0.3 is 5.97 Å². The predicted molar refractivity (Wildman–Crippen MR) is 104 cm³/mol. The highest BCUT2D eigenvalue weighted by molar-refractivity contribution is 5.81. The van der Waals surface area contributed by atoms with Gasteiger partial charge in [-0.15, -0.1) is 0 Å². The smallest absolute Gasteiger partial charge is 0.330 e. The lowest BCUT2D eigenvalue weighted by Crippen LogP contribution is -2.21. The van der Waals surface area contributed by atoms with Gasteiger partial charge in [0.2, 0.25) is 0 Å². The lowest BCUT2D eigenvalue weighted by atomic mass is 10.0. The van der Waals surface area contributed by atoms with Crippen LogP contribution in [0.25, 0.3) is 0 Å². The highest BCUT2D eigenvalue weighted by atomic mass is 16.5. The second-order valence-corrected chi connectivity index (χ2v) is 6.90. The summed E-state index contributed by atoms with van der Waals surface area (Å²) in [6.07, 6.45) is 20.5. The molecule has 4 heteroatoms. The van der Waals surface area contributed by atoms with Gasteiger partial charge in [0.1, 0.15) is 12.7 Å². The number of esters is 1. The first-order valence-electron chi connectivity index (χ1n) is 10.3. The zero-order valence-electron chi connectivity index (χ0n) is 16.3. The van der Waals surface area contributed by atoms with Crippen molar-refractivity contribution in [1.82, 2.24) is 0 Å². The summed E-state index contributed by atoms with van der Waals surface area (Å²) in [4.78, 5) is 11.3. The van der Waals surface area contributed by atoms with E-state index in [9.17, 15) is 4.79 Å². The van der Waals surface area contributed by atoms with Crippen LogP contribution in [0.3, 0.4) is 0 Å². The summed E-state index contributed by atoms with van der Waals surface area (Å²) in [6.45, 7) is 1.71. The second kappa shape index (κ2) is 19.5. The van der Waals surface area contributed by atoms with E-state index < -0.39 is 18.7 Å². The molecule has 0 saturated heterocycles. The number of aliphatic hydroxyl groups is 2. The molecular weight excluding hydrogens is 316 g/mol. The Morgan fingerprint density at radius 1 is 0.880 bits per heavy atom. The summed E-state index contributed by atoms with van der Waals surface area (Å²) in [7, 11) is 0. The van der Waals surface area contributed by atoms with Crippen LogP contribution < -0.4 is 0 Å². The molecule has 0 aromatic carbocycles. The molecule has 0 unspecified atom stereocenters. The highest BCUT2D eigenvalue weighted by Gasteiger charge is 2.04. The van der Waals surface area contributed by atoms with E-state index in [1.165, 1.54) is 83.1 Å². The van der Waals surface area contributed by atoms with Crippen LogP contribution in [0, 0.1) is 0 Å². The molecule has 0 rings (SSSR count). The van der Waals surface area contributed by atoms with Gasteiger partial charge in [-0.25, -0.2) is 4.79 Å². The van der Waals surface area contributed by atoms with E-state index in [0.29, 0.717) is 0 Å². The number of hydrogen-bond donors (Lipinski definition) is 2. The Hall–Kier alpha value is -0.870. The summed E-state index contributed by atoms with van der Waals surface area (Å²) in [5, 5.41) is 17.7. The minimum atomic E-state index is -0.988. The molecule has 0 spiro atoms. The van der Waals surface area contributed by atoms with Gasteiger partial charge in [-0.05, 0) is 12.8 Å². The van der Waals surface area contributed by atoms with Crippen molar-refractivity contribution in [2.24, 2.45) is 0 Å². The number of allylic oxidation sites excluding steroid dienone is 1. The summed E-state index contributed by atoms with van der Waals surface area (Å²) in [6, 6.07) is 0. The molecule has 1 atom stereocenters. The lowest BCUT2D eigenvalue weighted by molar-refractivity contribution is -0.141. The number of rotatable bonds is 18. The third-order valence-electron chi connectivity index (χ3n) is 4.36. The highest BCUT2D eigenvalue weighted by Crippen LogP contribution is 2.13. The molecule has 0 aliphatic rings. The zero-order valence-corrected chi connectivity index (χ0v) is 16.3. The predicted octanol–water partition coefficient (Wildman–Crippen LogP) is 4.92. The fourth-order valence-electron chi connectivity index (χ4n) is 2.74. The van der Waals surface area contributed by atoms with E-state index >= 15 is 0 Å². The third kappa shape index (κ3) is 19.3. The number of unbranched alkanes of at least 4 members (excludes halogenated alkanes) is 13. The van der Waals surface area contributed by atoms with E-state index in [0.717, 1.165) is 12.8 Å². The summed E-state index contributed by atoms with van der Waals surface area (Å²) in [5.74, 6) is -0.456. The molecule has 2 N–H and O–H groups in total. The largest absolute Gasteiger partial charge is 0.460 e. The average Bonchev–Trinajstić information content (AvgIpc) is 2.62. The molecule has 0 saturated carbocycles. The van der Waals surface area contributed by atoms with Gasteiger partial charge in [-0.2, -0.15) is 0 Å². The normalized spacial score (nSPS) is 12.6. The fraction of sp³-hybridized carbons (Fsp3) is 0.857. The monoisotopic (exact) mass is 356 g/mol. The van der Waals surface area contributed by atoms with Crippen molar-refractivity contribution < 1.29 is 19.7 Å². The summed E-state index contributed by atoms with van der Waals surface area (Å²) in [5.41, 5.74) is 0. The molecule has 0 amide bonds. The molecular formula is C21H40O4. The van der Waals surface area contributed by atoms with Crippen molar-refractivity contribution in [3.8, 4) is 0 Å². The maximum Gasteiger partial charge on any atom is 0.330 e. The standard InChI is InChI=1S/C21H40O4/c1-2-3-4-5-6-7-8-9-10-11-12-13-14-15-16-17-21(24)25-19-20(23)18-22/h16-17,20,22-23H,2-15,18-19H2,1H3/t20-/m0/s1. The average molecular weight is 357 g/mol. The van der Waals surface area contributed by atoms with Crippen molar-refractivity contribution in [1.29, 1.82) is 0 Å². The number of carbonyl (C=O) groups excluding carboxylic acids is 1. The minimum absolute atomic E-state index is 0.154. The first-order chi connectivity index (χ1) is 12.2. The molecule has 0 radical (unpaired) electrons. The van der Waals surface area contributed by atoms with Crippen LogP contribution in [-0.4, -0.2) is 35.5 Å². The zero-order chi connectivity index (χ0) is 18.6. The molecule has 0 fully saturated rings. The lowest BCUT2D eigenvalue weighted by Gasteiger charge is -2.06. The van der Waals surface area contributed by atoms with Gasteiger partial charge in [0.15, 0.2) is 0 Å². The molecule has 0 aromatic rings. The van der Waals surface area contributed by atoms with Crippen molar-refractivity contribution in [3.05, 3.63) is 12.2 Å². The fourth-order valence-corrected chi connectivity index (χ4v) is 2.74. The van der Waals surface area contributed by atoms with Gasteiger partial charge in [0.05, 0.1) is 6.61 Å². The molecule has 4 nitrogen and oxygen atoms in total. The first-order valence-corrected chi connectivity index (χ1v) is 10.3. The SMILES string of the molecule is CCCCCCCCCCCCCCCC=CC(=O)OC[C@@H](O)CO. The molecule has 148 valence electrons. The van der Waals surface area contributed by atoms with Crippen LogP contribution in [0.5, 0.6) is 0 Å². The van der Waals surface area contributed by atoms with Crippen LogP contribution in [0.15, 0.2) is 12.2 Å². The third-order valence-corrected chi connectivity index (χ3v) is 4.36. The van der Waals surface area contributed by atoms with Crippen LogP contribution in [0.1, 0.15) is 96.8 Å². The van der Waals surface area contributed by atoms with Crippen LogP contribution in [0.2, 0.25) is 0 Å². The van der Waals surface area contributed by atoms with Crippen LogP contribution in [0.4, 0.5) is 0 Å². The topological polar surface area (TPSA) is 66.8 Å². The second-order valence-electron chi connectivity index (χ2n) is 6.90. The van der Waals surface area contributed by atoms with E-state index in [4.69, 9.17) is 14.9 Å². The molecule has 0 bridgehead atoms. The Bertz CT molecular complexity index is 315. The maximum absolute atomic E-state index is 11.3. The summed E-state index contributed by atoms with van der Waals surface area (Å²) < 4.78 is 4.78. The van der Waals surface area contributed by atoms with E-state index in [2.05, 4.69) is 6.92 Å². The van der Waals surface area contributed by atoms with Gasteiger partial charge in [0.25, 0.3) is 0 Å². The maximum atomic E-state index is 11.3. The Kier molecular flexibility index (Phi) is 18.8. The molecule has 25 heavy (non-hydrogen) atoms. The molecule has 0 aliphatic carbocycles. The van der Waals surface area contributed by atoms with Crippen LogP contribution >= 0.6 is 0 Å². The summed E-state index contributed by atoms with van der Waals surface area (Å²) >= 11 is 0. The van der Waals surface area contributed by atoms with Gasteiger partial charge in [0, 0.05) is 6.08 Å².